The van der Waals surface area contributed by atoms with E-state index in [2.05, 4.69) is 49.7 Å². The first-order chi connectivity index (χ1) is 16.1. The average Bonchev–Trinajstić information content (AvgIpc) is 3.53. The van der Waals surface area contributed by atoms with Gasteiger partial charge in [0.15, 0.2) is 17.4 Å². The smallest absolute Gasteiger partial charge is 0.190 e. The van der Waals surface area contributed by atoms with Crippen molar-refractivity contribution in [3.05, 3.63) is 66.1 Å². The third kappa shape index (κ3) is 4.27. The molecular weight excluding hydrogens is 421 g/mol. The van der Waals surface area contributed by atoms with Crippen molar-refractivity contribution in [3.8, 4) is 34.0 Å². The third-order valence-corrected chi connectivity index (χ3v) is 5.90. The summed E-state index contributed by atoms with van der Waals surface area (Å²) in [4.78, 5) is 6.85. The summed E-state index contributed by atoms with van der Waals surface area (Å²) in [6, 6.07) is 14.8. The second kappa shape index (κ2) is 8.95. The third-order valence-electron chi connectivity index (χ3n) is 5.90. The lowest BCUT2D eigenvalue weighted by atomic mass is 10.0. The van der Waals surface area contributed by atoms with Gasteiger partial charge in [0.05, 0.1) is 18.4 Å². The number of nitrogen functional groups attached to an aromatic ring is 1. The molecule has 3 heterocycles. The van der Waals surface area contributed by atoms with E-state index in [1.54, 1.807) is 12.3 Å². The number of halogens is 1. The van der Waals surface area contributed by atoms with E-state index in [1.807, 2.05) is 6.07 Å². The molecule has 0 radical (unpaired) electrons. The first-order valence-electron chi connectivity index (χ1n) is 10.8. The molecule has 0 atom stereocenters. The zero-order chi connectivity index (χ0) is 22.8. The maximum atomic E-state index is 13.9. The van der Waals surface area contributed by atoms with Crippen LogP contribution in [0.3, 0.4) is 0 Å². The Morgan fingerprint density at radius 2 is 1.82 bits per heavy atom. The van der Waals surface area contributed by atoms with E-state index in [-0.39, 0.29) is 5.75 Å². The number of hydrogen-bond acceptors (Lipinski definition) is 7. The molecule has 0 spiro atoms. The second-order valence-electron chi connectivity index (χ2n) is 8.07. The number of ether oxygens (including phenoxy) is 1. The molecular formula is C24H24FN7O. The van der Waals surface area contributed by atoms with Gasteiger partial charge in [0.1, 0.15) is 5.82 Å². The molecule has 0 bridgehead atoms. The zero-order valence-corrected chi connectivity index (χ0v) is 18.3. The van der Waals surface area contributed by atoms with Gasteiger partial charge in [-0.1, -0.05) is 24.3 Å². The number of likely N-dealkylation sites (tertiary alicyclic amines) is 1. The number of anilines is 1. The lowest BCUT2D eigenvalue weighted by Crippen LogP contribution is -2.18. The molecule has 0 unspecified atom stereocenters. The minimum absolute atomic E-state index is 0.0998. The molecule has 8 nitrogen and oxygen atoms in total. The quantitative estimate of drug-likeness (QED) is 0.483. The zero-order valence-electron chi connectivity index (χ0n) is 18.3. The summed E-state index contributed by atoms with van der Waals surface area (Å²) in [7, 11) is 1.41. The van der Waals surface area contributed by atoms with Crippen LogP contribution in [0.15, 0.2) is 54.7 Å². The van der Waals surface area contributed by atoms with Gasteiger partial charge in [-0.15, -0.1) is 5.10 Å². The Hall–Kier alpha value is -3.85. The highest BCUT2D eigenvalue weighted by Crippen LogP contribution is 2.30. The standard InChI is InChI=1S/C24H24FN7O/c1-33-22-13-19(8-9-21(22)25)32-24(28-29-30-32)20-12-18(14-27-23(20)26)17-6-4-16(5-7-17)15-31-10-2-3-11-31/h4-9,12-14H,2-3,10-11,15H2,1H3,(H2,26,27). The summed E-state index contributed by atoms with van der Waals surface area (Å²) >= 11 is 0. The van der Waals surface area contributed by atoms with E-state index in [4.69, 9.17) is 10.5 Å². The van der Waals surface area contributed by atoms with Crippen LogP contribution in [0, 0.1) is 5.82 Å². The van der Waals surface area contributed by atoms with Crippen LogP contribution in [0.4, 0.5) is 10.2 Å². The van der Waals surface area contributed by atoms with Gasteiger partial charge in [-0.3, -0.25) is 4.90 Å². The van der Waals surface area contributed by atoms with E-state index in [0.717, 1.165) is 17.7 Å². The molecule has 1 fully saturated rings. The summed E-state index contributed by atoms with van der Waals surface area (Å²) in [5.41, 5.74) is 10.5. The van der Waals surface area contributed by atoms with Crippen molar-refractivity contribution in [1.82, 2.24) is 30.1 Å². The van der Waals surface area contributed by atoms with Crippen LogP contribution in [-0.2, 0) is 6.54 Å². The molecule has 2 N–H and O–H groups in total. The predicted octanol–water partition coefficient (Wildman–Crippen LogP) is 3.72. The Bertz CT molecular complexity index is 1270. The predicted molar refractivity (Wildman–Crippen MR) is 123 cm³/mol. The van der Waals surface area contributed by atoms with Crippen LogP contribution in [0.25, 0.3) is 28.2 Å². The number of hydrogen-bond donors (Lipinski definition) is 1. The first kappa shape index (κ1) is 21.0. The number of pyridine rings is 1. The van der Waals surface area contributed by atoms with Gasteiger partial charge in [0.25, 0.3) is 0 Å². The fourth-order valence-electron chi connectivity index (χ4n) is 4.12. The van der Waals surface area contributed by atoms with Crippen molar-refractivity contribution >= 4 is 5.82 Å². The summed E-state index contributed by atoms with van der Waals surface area (Å²) in [6.45, 7) is 3.31. The lowest BCUT2D eigenvalue weighted by molar-refractivity contribution is 0.331. The molecule has 0 saturated carbocycles. The maximum absolute atomic E-state index is 13.9. The Balaban J connectivity index is 1.46. The number of tetrazole rings is 1. The van der Waals surface area contributed by atoms with E-state index in [0.29, 0.717) is 22.9 Å². The molecule has 9 heteroatoms. The van der Waals surface area contributed by atoms with Gasteiger partial charge in [-0.25, -0.2) is 9.37 Å². The van der Waals surface area contributed by atoms with E-state index < -0.39 is 5.82 Å². The second-order valence-corrected chi connectivity index (χ2v) is 8.07. The van der Waals surface area contributed by atoms with Crippen LogP contribution >= 0.6 is 0 Å². The summed E-state index contributed by atoms with van der Waals surface area (Å²) < 4.78 is 20.4. The molecule has 33 heavy (non-hydrogen) atoms. The van der Waals surface area contributed by atoms with Crippen molar-refractivity contribution in [2.24, 2.45) is 0 Å². The number of nitrogens with two attached hydrogens (primary N) is 1. The fourth-order valence-corrected chi connectivity index (χ4v) is 4.12. The summed E-state index contributed by atoms with van der Waals surface area (Å²) in [6.07, 6.45) is 4.30. The van der Waals surface area contributed by atoms with E-state index >= 15 is 0 Å². The number of methoxy groups -OCH3 is 1. The van der Waals surface area contributed by atoms with Gasteiger partial charge in [-0.2, -0.15) is 4.68 Å². The Morgan fingerprint density at radius 3 is 2.58 bits per heavy atom. The maximum Gasteiger partial charge on any atom is 0.190 e. The number of nitrogens with zero attached hydrogens (tertiary/aromatic N) is 6. The van der Waals surface area contributed by atoms with Crippen LogP contribution < -0.4 is 10.5 Å². The Labute approximate surface area is 190 Å². The minimum Gasteiger partial charge on any atom is -0.494 e. The van der Waals surface area contributed by atoms with E-state index in [9.17, 15) is 4.39 Å². The highest BCUT2D eigenvalue weighted by atomic mass is 19.1. The van der Waals surface area contributed by atoms with Crippen LogP contribution in [0.2, 0.25) is 0 Å². The number of rotatable bonds is 6. The lowest BCUT2D eigenvalue weighted by Gasteiger charge is -2.15. The topological polar surface area (TPSA) is 95.0 Å². The largest absolute Gasteiger partial charge is 0.494 e. The van der Waals surface area contributed by atoms with Crippen molar-refractivity contribution in [1.29, 1.82) is 0 Å². The van der Waals surface area contributed by atoms with Gasteiger partial charge >= 0.3 is 0 Å². The highest BCUT2D eigenvalue weighted by Gasteiger charge is 2.17. The van der Waals surface area contributed by atoms with Crippen molar-refractivity contribution < 1.29 is 9.13 Å². The molecule has 5 rings (SSSR count). The summed E-state index contributed by atoms with van der Waals surface area (Å²) in [5, 5.41) is 12.0. The molecule has 1 aliphatic heterocycles. The molecule has 0 amide bonds. The van der Waals surface area contributed by atoms with Gasteiger partial charge < -0.3 is 10.5 Å². The SMILES string of the molecule is COc1cc(-n2nnnc2-c2cc(-c3ccc(CN4CCCC4)cc3)cnc2N)ccc1F. The molecule has 2 aromatic heterocycles. The van der Waals surface area contributed by atoms with Crippen LogP contribution in [-0.4, -0.2) is 50.3 Å². The number of aromatic nitrogens is 5. The first-order valence-corrected chi connectivity index (χ1v) is 10.8. The van der Waals surface area contributed by atoms with Crippen molar-refractivity contribution in [3.63, 3.8) is 0 Å². The molecule has 1 saturated heterocycles. The summed E-state index contributed by atoms with van der Waals surface area (Å²) in [5.74, 6) is 0.339. The van der Waals surface area contributed by atoms with E-state index in [1.165, 1.54) is 55.4 Å². The normalized spacial score (nSPS) is 14.0. The average molecular weight is 446 g/mol. The molecule has 0 aliphatic carbocycles. The van der Waals surface area contributed by atoms with Crippen molar-refractivity contribution in [2.45, 2.75) is 19.4 Å². The van der Waals surface area contributed by atoms with Crippen LogP contribution in [0.1, 0.15) is 18.4 Å². The number of benzene rings is 2. The van der Waals surface area contributed by atoms with Gasteiger partial charge in [0.2, 0.25) is 0 Å². The minimum atomic E-state index is -0.466. The molecule has 168 valence electrons. The highest BCUT2D eigenvalue weighted by molar-refractivity contribution is 5.76. The molecule has 1 aliphatic rings. The Kier molecular flexibility index (Phi) is 5.70. The van der Waals surface area contributed by atoms with Gasteiger partial charge in [0, 0.05) is 24.4 Å². The van der Waals surface area contributed by atoms with Crippen LogP contribution in [0.5, 0.6) is 5.75 Å². The fraction of sp³-hybridized carbons (Fsp3) is 0.250. The Morgan fingerprint density at radius 1 is 1.03 bits per heavy atom. The molecule has 2 aromatic carbocycles. The molecule has 4 aromatic rings. The van der Waals surface area contributed by atoms with Crippen molar-refractivity contribution in [2.75, 3.05) is 25.9 Å². The van der Waals surface area contributed by atoms with Gasteiger partial charge in [-0.05, 0) is 65.7 Å². The monoisotopic (exact) mass is 445 g/mol.